The minimum atomic E-state index is -1.20. The number of amides is 1. The Hall–Kier alpha value is -2.12. The SMILES string of the molecule is CC(C)(NCC(=O)N(CCC#N)CCC#N)C(=O)O. The van der Waals surface area contributed by atoms with E-state index in [1.54, 1.807) is 0 Å². The number of carbonyl (C=O) groups is 2. The fraction of sp³-hybridized carbons (Fsp3) is 0.667. The van der Waals surface area contributed by atoms with Crippen LogP contribution >= 0.6 is 0 Å². The van der Waals surface area contributed by atoms with Gasteiger partial charge in [-0.05, 0) is 13.8 Å². The third-order valence-electron chi connectivity index (χ3n) is 2.56. The molecule has 104 valence electrons. The molecule has 0 aliphatic heterocycles. The Kier molecular flexibility index (Phi) is 7.16. The first-order valence-corrected chi connectivity index (χ1v) is 5.85. The molecule has 0 saturated carbocycles. The molecule has 0 unspecified atom stereocenters. The molecule has 2 N–H and O–H groups in total. The van der Waals surface area contributed by atoms with E-state index in [1.165, 1.54) is 18.7 Å². The van der Waals surface area contributed by atoms with E-state index >= 15 is 0 Å². The molecule has 0 radical (unpaired) electrons. The normalized spacial score (nSPS) is 10.3. The second-order valence-corrected chi connectivity index (χ2v) is 4.48. The lowest BCUT2D eigenvalue weighted by atomic mass is 10.1. The smallest absolute Gasteiger partial charge is 0.323 e. The molecule has 0 rings (SSSR count). The van der Waals surface area contributed by atoms with Gasteiger partial charge in [0.15, 0.2) is 0 Å². The van der Waals surface area contributed by atoms with Crippen LogP contribution in [0.25, 0.3) is 0 Å². The highest BCUT2D eigenvalue weighted by Gasteiger charge is 2.27. The van der Waals surface area contributed by atoms with Crippen LogP contribution in [0.2, 0.25) is 0 Å². The van der Waals surface area contributed by atoms with Crippen LogP contribution < -0.4 is 5.32 Å². The van der Waals surface area contributed by atoms with Crippen molar-refractivity contribution in [3.05, 3.63) is 0 Å². The van der Waals surface area contributed by atoms with Crippen LogP contribution in [-0.2, 0) is 9.59 Å². The second kappa shape index (κ2) is 8.06. The third kappa shape index (κ3) is 6.39. The highest BCUT2D eigenvalue weighted by atomic mass is 16.4. The number of nitriles is 2. The topological polar surface area (TPSA) is 117 Å². The van der Waals surface area contributed by atoms with Gasteiger partial charge >= 0.3 is 5.97 Å². The Bertz CT molecular complexity index is 388. The minimum Gasteiger partial charge on any atom is -0.480 e. The average Bonchev–Trinajstić information content (AvgIpc) is 2.36. The van der Waals surface area contributed by atoms with Gasteiger partial charge in [0.2, 0.25) is 5.91 Å². The van der Waals surface area contributed by atoms with E-state index in [2.05, 4.69) is 5.32 Å². The summed E-state index contributed by atoms with van der Waals surface area (Å²) in [6.07, 6.45) is 0.360. The van der Waals surface area contributed by atoms with Crippen molar-refractivity contribution >= 4 is 11.9 Å². The van der Waals surface area contributed by atoms with Crippen LogP contribution in [0.5, 0.6) is 0 Å². The Morgan fingerprint density at radius 2 is 1.68 bits per heavy atom. The number of nitrogens with zero attached hydrogens (tertiary/aromatic N) is 3. The first kappa shape index (κ1) is 16.9. The van der Waals surface area contributed by atoms with E-state index < -0.39 is 11.5 Å². The van der Waals surface area contributed by atoms with Gasteiger partial charge in [0.1, 0.15) is 5.54 Å². The maximum absolute atomic E-state index is 11.9. The second-order valence-electron chi connectivity index (χ2n) is 4.48. The molecule has 0 aromatic carbocycles. The van der Waals surface area contributed by atoms with Crippen molar-refractivity contribution in [1.82, 2.24) is 10.2 Å². The molecule has 7 heteroatoms. The zero-order valence-electron chi connectivity index (χ0n) is 11.1. The zero-order chi connectivity index (χ0) is 14.9. The van der Waals surface area contributed by atoms with Crippen molar-refractivity contribution in [3.63, 3.8) is 0 Å². The van der Waals surface area contributed by atoms with Gasteiger partial charge in [-0.3, -0.25) is 14.9 Å². The first-order chi connectivity index (χ1) is 8.85. The fourth-order valence-corrected chi connectivity index (χ4v) is 1.22. The van der Waals surface area contributed by atoms with Crippen molar-refractivity contribution < 1.29 is 14.7 Å². The monoisotopic (exact) mass is 266 g/mol. The van der Waals surface area contributed by atoms with Gasteiger partial charge in [0.05, 0.1) is 31.5 Å². The number of hydrogen-bond acceptors (Lipinski definition) is 5. The standard InChI is InChI=1S/C12H18N4O3/c1-12(2,11(18)19)15-9-10(17)16(7-3-5-13)8-4-6-14/h15H,3-4,7-9H2,1-2H3,(H,18,19). The predicted molar refractivity (Wildman–Crippen MR) is 66.8 cm³/mol. The molecule has 7 nitrogen and oxygen atoms in total. The Labute approximate surface area is 112 Å². The molecule has 0 aliphatic carbocycles. The Morgan fingerprint density at radius 1 is 1.21 bits per heavy atom. The first-order valence-electron chi connectivity index (χ1n) is 5.85. The minimum absolute atomic E-state index is 0.143. The Morgan fingerprint density at radius 3 is 2.05 bits per heavy atom. The van der Waals surface area contributed by atoms with Crippen molar-refractivity contribution in [3.8, 4) is 12.1 Å². The summed E-state index contributed by atoms with van der Waals surface area (Å²) < 4.78 is 0. The molecule has 0 aliphatic rings. The lowest BCUT2D eigenvalue weighted by Gasteiger charge is -2.25. The van der Waals surface area contributed by atoms with Gasteiger partial charge < -0.3 is 10.0 Å². The number of carboxylic acids is 1. The number of carboxylic acid groups (broad SMARTS) is 1. The van der Waals surface area contributed by atoms with E-state index in [0.717, 1.165) is 0 Å². The molecule has 19 heavy (non-hydrogen) atoms. The fourth-order valence-electron chi connectivity index (χ4n) is 1.22. The number of carbonyl (C=O) groups excluding carboxylic acids is 1. The van der Waals surface area contributed by atoms with Crippen LogP contribution in [0.3, 0.4) is 0 Å². The summed E-state index contributed by atoms with van der Waals surface area (Å²) in [7, 11) is 0. The highest BCUT2D eigenvalue weighted by Crippen LogP contribution is 2.02. The van der Waals surface area contributed by atoms with Gasteiger partial charge in [-0.2, -0.15) is 10.5 Å². The molecule has 1 amide bonds. The van der Waals surface area contributed by atoms with Crippen molar-refractivity contribution in [2.45, 2.75) is 32.2 Å². The molecule has 0 fully saturated rings. The van der Waals surface area contributed by atoms with Crippen LogP contribution in [0, 0.1) is 22.7 Å². The van der Waals surface area contributed by atoms with Gasteiger partial charge in [-0.1, -0.05) is 0 Å². The van der Waals surface area contributed by atoms with E-state index in [-0.39, 0.29) is 38.4 Å². The lowest BCUT2D eigenvalue weighted by Crippen LogP contribution is -2.51. The van der Waals surface area contributed by atoms with Crippen LogP contribution in [0.1, 0.15) is 26.7 Å². The van der Waals surface area contributed by atoms with Crippen molar-refractivity contribution in [2.75, 3.05) is 19.6 Å². The van der Waals surface area contributed by atoms with Crippen LogP contribution in [0.15, 0.2) is 0 Å². The third-order valence-corrected chi connectivity index (χ3v) is 2.56. The zero-order valence-corrected chi connectivity index (χ0v) is 11.1. The Balaban J connectivity index is 4.44. The molecule has 0 aromatic rings. The van der Waals surface area contributed by atoms with Gasteiger partial charge in [-0.15, -0.1) is 0 Å². The van der Waals surface area contributed by atoms with E-state index in [1.807, 2.05) is 12.1 Å². The van der Waals surface area contributed by atoms with Gasteiger partial charge in [0.25, 0.3) is 0 Å². The summed E-state index contributed by atoms with van der Waals surface area (Å²) in [4.78, 5) is 24.1. The quantitative estimate of drug-likeness (QED) is 0.643. The molecule has 0 heterocycles. The lowest BCUT2D eigenvalue weighted by molar-refractivity contribution is -0.143. The largest absolute Gasteiger partial charge is 0.480 e. The maximum Gasteiger partial charge on any atom is 0.323 e. The predicted octanol–water partition coefficient (Wildman–Crippen LogP) is 0.0952. The molecular formula is C12H18N4O3. The number of hydrogen-bond donors (Lipinski definition) is 2. The maximum atomic E-state index is 11.9. The number of nitrogens with one attached hydrogen (secondary N) is 1. The molecule has 0 atom stereocenters. The molecule has 0 aromatic heterocycles. The van der Waals surface area contributed by atoms with Gasteiger partial charge in [0, 0.05) is 13.1 Å². The van der Waals surface area contributed by atoms with Crippen LogP contribution in [-0.4, -0.2) is 47.1 Å². The summed E-state index contributed by atoms with van der Waals surface area (Å²) in [5.41, 5.74) is -1.20. The summed E-state index contributed by atoms with van der Waals surface area (Å²) in [6.45, 7) is 3.25. The number of rotatable bonds is 8. The van der Waals surface area contributed by atoms with E-state index in [0.29, 0.717) is 0 Å². The number of aliphatic carboxylic acids is 1. The summed E-state index contributed by atoms with van der Waals surface area (Å²) in [6, 6.07) is 3.86. The highest BCUT2D eigenvalue weighted by molar-refractivity contribution is 5.81. The summed E-state index contributed by atoms with van der Waals surface area (Å²) >= 11 is 0. The molecule has 0 spiro atoms. The van der Waals surface area contributed by atoms with Crippen molar-refractivity contribution in [1.29, 1.82) is 10.5 Å². The molecule has 0 bridgehead atoms. The molecular weight excluding hydrogens is 248 g/mol. The van der Waals surface area contributed by atoms with E-state index in [4.69, 9.17) is 15.6 Å². The van der Waals surface area contributed by atoms with E-state index in [9.17, 15) is 9.59 Å². The van der Waals surface area contributed by atoms with Crippen molar-refractivity contribution in [2.24, 2.45) is 0 Å². The van der Waals surface area contributed by atoms with Crippen LogP contribution in [0.4, 0.5) is 0 Å². The summed E-state index contributed by atoms with van der Waals surface area (Å²) in [5, 5.41) is 28.6. The molecule has 0 saturated heterocycles. The van der Waals surface area contributed by atoms with Gasteiger partial charge in [-0.25, -0.2) is 0 Å². The summed E-state index contributed by atoms with van der Waals surface area (Å²) in [5.74, 6) is -1.37. The average molecular weight is 266 g/mol.